The molecule has 0 saturated carbocycles. The Balaban J connectivity index is 0.867. The van der Waals surface area contributed by atoms with Gasteiger partial charge in [0.2, 0.25) is 33.7 Å². The van der Waals surface area contributed by atoms with Crippen LogP contribution in [0.1, 0.15) is 57.1 Å². The number of aliphatic hydroxyl groups is 1. The topological polar surface area (TPSA) is 217 Å². The molecule has 2 saturated heterocycles. The van der Waals surface area contributed by atoms with Crippen molar-refractivity contribution in [1.82, 2.24) is 44.4 Å². The van der Waals surface area contributed by atoms with E-state index in [9.17, 15) is 27.9 Å². The molecule has 3 amide bonds. The molecule has 0 spiro atoms. The lowest BCUT2D eigenvalue weighted by atomic mass is 9.84. The molecule has 2 aliphatic heterocycles. The predicted molar refractivity (Wildman–Crippen MR) is 235 cm³/mol. The molecule has 3 atom stereocenters. The average molecular weight is 895 g/mol. The first kappa shape index (κ1) is 43.6. The molecule has 6 aromatic rings. The zero-order valence-corrected chi connectivity index (χ0v) is 37.0. The van der Waals surface area contributed by atoms with Crippen LogP contribution in [0.5, 0.6) is 0 Å². The fraction of sp³-hybridized carbons (Fsp3) is 0.386. The molecular weight excluding hydrogens is 845 g/mol. The van der Waals surface area contributed by atoms with Gasteiger partial charge in [0, 0.05) is 50.3 Å². The van der Waals surface area contributed by atoms with Crippen LogP contribution in [0, 0.1) is 18.3 Å². The fourth-order valence-electron chi connectivity index (χ4n) is 8.09. The molecule has 6 heterocycles. The Morgan fingerprint density at radius 2 is 1.70 bits per heavy atom. The first-order valence-corrected chi connectivity index (χ1v) is 23.1. The Morgan fingerprint density at radius 1 is 0.968 bits per heavy atom. The van der Waals surface area contributed by atoms with Crippen LogP contribution in [-0.2, 0) is 37.5 Å². The number of amides is 3. The highest BCUT2D eigenvalue weighted by Crippen LogP contribution is 2.31. The molecule has 0 bridgehead atoms. The SMILES string of the molecule is Cc1ncsc1-c1ccc(CNC(=O)C2CC(O)CN2C(=O)C(NC(=O)C2CCN(S(=O)(=O)c3ccc(-c4cnc(NCc5ccco5)n5cnnc45)cc3)CC2)C(C)(C)C)cc1. The van der Waals surface area contributed by atoms with Crippen molar-refractivity contribution < 1.29 is 32.3 Å². The number of anilines is 1. The number of piperidine rings is 1. The molecule has 3 unspecified atom stereocenters. The second-order valence-electron chi connectivity index (χ2n) is 17.0. The number of aliphatic hydroxyl groups excluding tert-OH is 1. The minimum Gasteiger partial charge on any atom is -0.467 e. The maximum atomic E-state index is 14.2. The molecule has 0 radical (unpaired) electrons. The van der Waals surface area contributed by atoms with Crippen LogP contribution in [0.15, 0.2) is 94.3 Å². The number of nitrogens with zero attached hydrogens (tertiary/aromatic N) is 7. The highest BCUT2D eigenvalue weighted by molar-refractivity contribution is 7.89. The largest absolute Gasteiger partial charge is 0.467 e. The number of β-amino-alcohol motifs (C(OH)–C–C–N with tert-alkyl or cyclic N) is 1. The number of likely N-dealkylation sites (tertiary alicyclic amines) is 1. The van der Waals surface area contributed by atoms with Crippen LogP contribution in [-0.4, -0.2) is 103 Å². The lowest BCUT2D eigenvalue weighted by molar-refractivity contribution is -0.144. The lowest BCUT2D eigenvalue weighted by Gasteiger charge is -2.37. The van der Waals surface area contributed by atoms with E-state index in [1.165, 1.54) is 9.21 Å². The molecule has 4 aromatic heterocycles. The summed E-state index contributed by atoms with van der Waals surface area (Å²) >= 11 is 1.56. The van der Waals surface area contributed by atoms with E-state index >= 15 is 0 Å². The molecular formula is C44H50N10O7S2. The van der Waals surface area contributed by atoms with E-state index < -0.39 is 51.4 Å². The summed E-state index contributed by atoms with van der Waals surface area (Å²) in [5, 5.41) is 28.1. The van der Waals surface area contributed by atoms with E-state index in [-0.39, 0.29) is 56.2 Å². The van der Waals surface area contributed by atoms with E-state index in [1.54, 1.807) is 70.4 Å². The number of sulfonamides is 1. The Morgan fingerprint density at radius 3 is 2.37 bits per heavy atom. The fourth-order valence-corrected chi connectivity index (χ4v) is 10.4. The second kappa shape index (κ2) is 18.0. The zero-order valence-electron chi connectivity index (χ0n) is 35.4. The second-order valence-corrected chi connectivity index (χ2v) is 19.8. The minimum absolute atomic E-state index is 0.0435. The van der Waals surface area contributed by atoms with Crippen LogP contribution >= 0.6 is 11.3 Å². The van der Waals surface area contributed by atoms with Crippen LogP contribution in [0.3, 0.4) is 0 Å². The maximum Gasteiger partial charge on any atom is 0.246 e. The first-order valence-electron chi connectivity index (χ1n) is 20.8. The number of benzene rings is 2. The monoisotopic (exact) mass is 894 g/mol. The molecule has 4 N–H and O–H groups in total. The number of rotatable bonds is 13. The summed E-state index contributed by atoms with van der Waals surface area (Å²) in [5.74, 6) is -0.499. The van der Waals surface area contributed by atoms with Crippen molar-refractivity contribution in [2.75, 3.05) is 25.0 Å². The van der Waals surface area contributed by atoms with E-state index in [0.29, 0.717) is 29.3 Å². The third-order valence-electron chi connectivity index (χ3n) is 11.7. The maximum absolute atomic E-state index is 14.2. The van der Waals surface area contributed by atoms with Gasteiger partial charge in [-0.2, -0.15) is 4.31 Å². The van der Waals surface area contributed by atoms with Crippen LogP contribution in [0.2, 0.25) is 0 Å². The van der Waals surface area contributed by atoms with Gasteiger partial charge in [0.15, 0.2) is 5.65 Å². The summed E-state index contributed by atoms with van der Waals surface area (Å²) in [6.45, 7) is 8.28. The first-order chi connectivity index (χ1) is 30.2. The molecule has 2 aromatic carbocycles. The number of fused-ring (bicyclic) bond motifs is 1. The van der Waals surface area contributed by atoms with Gasteiger partial charge in [-0.25, -0.2) is 18.4 Å². The quantitative estimate of drug-likeness (QED) is 0.125. The number of nitrogens with one attached hydrogen (secondary N) is 3. The number of carbonyl (C=O) groups excluding carboxylic acids is 3. The van der Waals surface area contributed by atoms with Gasteiger partial charge in [0.25, 0.3) is 0 Å². The predicted octanol–water partition coefficient (Wildman–Crippen LogP) is 4.64. The number of furan rings is 1. The zero-order chi connectivity index (χ0) is 44.5. The number of carbonyl (C=O) groups is 3. The highest BCUT2D eigenvalue weighted by atomic mass is 32.2. The molecule has 17 nitrogen and oxygen atoms in total. The molecule has 2 fully saturated rings. The molecule has 0 aliphatic carbocycles. The van der Waals surface area contributed by atoms with Crippen molar-refractivity contribution in [2.45, 2.75) is 83.1 Å². The summed E-state index contributed by atoms with van der Waals surface area (Å²) in [7, 11) is -3.89. The third kappa shape index (κ3) is 9.36. The number of hydrogen-bond acceptors (Lipinski definition) is 13. The summed E-state index contributed by atoms with van der Waals surface area (Å²) in [6, 6.07) is 16.1. The number of thiazole rings is 1. The number of hydrogen-bond donors (Lipinski definition) is 4. The van der Waals surface area contributed by atoms with Crippen LogP contribution in [0.4, 0.5) is 5.95 Å². The van der Waals surface area contributed by atoms with E-state index in [1.807, 2.05) is 58.0 Å². The van der Waals surface area contributed by atoms with Gasteiger partial charge in [-0.05, 0) is 66.1 Å². The van der Waals surface area contributed by atoms with Crippen molar-refractivity contribution in [3.8, 4) is 21.6 Å². The number of aromatic nitrogens is 5. The van der Waals surface area contributed by atoms with Gasteiger partial charge in [0.1, 0.15) is 24.2 Å². The van der Waals surface area contributed by atoms with Gasteiger partial charge in [-0.1, -0.05) is 57.2 Å². The van der Waals surface area contributed by atoms with Crippen molar-refractivity contribution in [2.24, 2.45) is 11.3 Å². The molecule has 8 rings (SSSR count). The normalized spacial score (nSPS) is 18.1. The van der Waals surface area contributed by atoms with E-state index in [4.69, 9.17) is 4.42 Å². The smallest absolute Gasteiger partial charge is 0.246 e. The van der Waals surface area contributed by atoms with Gasteiger partial charge in [-0.3, -0.25) is 18.8 Å². The minimum atomic E-state index is -3.89. The van der Waals surface area contributed by atoms with Crippen molar-refractivity contribution in [3.05, 3.63) is 102 Å². The number of aryl methyl sites for hydroxylation is 1. The Hall–Kier alpha value is -6.02. The van der Waals surface area contributed by atoms with E-state index in [0.717, 1.165) is 27.5 Å². The Bertz CT molecular complexity index is 2690. The van der Waals surface area contributed by atoms with Gasteiger partial charge in [-0.15, -0.1) is 21.5 Å². The molecule has 2 aliphatic rings. The van der Waals surface area contributed by atoms with Crippen molar-refractivity contribution in [3.63, 3.8) is 0 Å². The summed E-state index contributed by atoms with van der Waals surface area (Å²) in [6.07, 6.45) is 4.47. The molecule has 19 heteroatoms. The van der Waals surface area contributed by atoms with Crippen LogP contribution in [0.25, 0.3) is 27.2 Å². The van der Waals surface area contributed by atoms with Crippen LogP contribution < -0.4 is 16.0 Å². The third-order valence-corrected chi connectivity index (χ3v) is 14.5. The highest BCUT2D eigenvalue weighted by Gasteiger charge is 2.45. The van der Waals surface area contributed by atoms with Gasteiger partial charge >= 0.3 is 0 Å². The molecule has 330 valence electrons. The summed E-state index contributed by atoms with van der Waals surface area (Å²) in [4.78, 5) is 53.0. The molecule has 63 heavy (non-hydrogen) atoms. The Labute approximate surface area is 369 Å². The van der Waals surface area contributed by atoms with Crippen molar-refractivity contribution in [1.29, 1.82) is 0 Å². The standard InChI is InChI=1S/C44H50N10O7S2/c1-27-37(62-26-48-27)30-9-7-28(8-10-30)21-45-41(57)36-20-32(55)24-53(36)42(58)38(44(2,3)4)50-40(56)31-15-17-52(18-16-31)63(59,60)34-13-11-29(12-14-34)35-23-47-43(54-25-49-51-39(35)54)46-22-33-6-5-19-61-33/h5-14,19,23,25-26,31-32,36,38,55H,15-18,20-22,24H2,1-4H3,(H,45,57)(H,46,47)(H,50,56). The van der Waals surface area contributed by atoms with E-state index in [2.05, 4.69) is 36.1 Å². The van der Waals surface area contributed by atoms with Gasteiger partial charge in [0.05, 0.1) is 39.9 Å². The Kier molecular flexibility index (Phi) is 12.5. The summed E-state index contributed by atoms with van der Waals surface area (Å²) in [5.41, 5.74) is 5.84. The lowest BCUT2D eigenvalue weighted by Crippen LogP contribution is -2.58. The van der Waals surface area contributed by atoms with Gasteiger partial charge < -0.3 is 30.4 Å². The average Bonchev–Trinajstić information content (AvgIpc) is 4.12. The summed E-state index contributed by atoms with van der Waals surface area (Å²) < 4.78 is 36.1. The van der Waals surface area contributed by atoms with Crippen molar-refractivity contribution >= 4 is 50.7 Å².